The molecule has 2 aromatic rings. The van der Waals surface area contributed by atoms with Gasteiger partial charge in [0.25, 0.3) is 0 Å². The quantitative estimate of drug-likeness (QED) is 0.812. The number of rotatable bonds is 5. The number of hydrogen-bond acceptors (Lipinski definition) is 3. The molecule has 4 nitrogen and oxygen atoms in total. The third-order valence-corrected chi connectivity index (χ3v) is 5.28. The summed E-state index contributed by atoms with van der Waals surface area (Å²) in [7, 11) is 0. The Morgan fingerprint density at radius 2 is 2.00 bits per heavy atom. The van der Waals surface area contributed by atoms with Crippen molar-refractivity contribution in [3.05, 3.63) is 65.2 Å². The summed E-state index contributed by atoms with van der Waals surface area (Å²) >= 11 is 0. The number of benzene rings is 2. The van der Waals surface area contributed by atoms with E-state index in [4.69, 9.17) is 4.99 Å². The average molecular weight is 347 g/mol. The molecule has 1 fully saturated rings. The molecule has 0 aromatic heterocycles. The van der Waals surface area contributed by atoms with Crippen LogP contribution >= 0.6 is 0 Å². The predicted octanol–water partition coefficient (Wildman–Crippen LogP) is 3.67. The van der Waals surface area contributed by atoms with Crippen LogP contribution in [0.1, 0.15) is 40.7 Å². The van der Waals surface area contributed by atoms with E-state index in [0.717, 1.165) is 66.6 Å². The van der Waals surface area contributed by atoms with Crippen LogP contribution < -0.4 is 10.6 Å². The van der Waals surface area contributed by atoms with Gasteiger partial charge in [0, 0.05) is 29.8 Å². The fraction of sp³-hybridized carbons (Fsp3) is 0.364. The third-order valence-electron chi connectivity index (χ3n) is 5.28. The van der Waals surface area contributed by atoms with E-state index >= 15 is 0 Å². The second-order valence-corrected chi connectivity index (χ2v) is 7.20. The van der Waals surface area contributed by atoms with E-state index in [2.05, 4.69) is 10.6 Å². The van der Waals surface area contributed by atoms with Gasteiger partial charge in [-0.3, -0.25) is 9.79 Å². The van der Waals surface area contributed by atoms with Crippen LogP contribution in [0.2, 0.25) is 0 Å². The Hall–Kier alpha value is -2.46. The SMILES string of the molecule is O=C(c1ccccc1)c1ccc2c(c1)CC(=NCCC1CCCNC1)N2. The lowest BCUT2D eigenvalue weighted by atomic mass is 9.96. The summed E-state index contributed by atoms with van der Waals surface area (Å²) in [5.74, 6) is 1.85. The Morgan fingerprint density at radius 3 is 2.81 bits per heavy atom. The lowest BCUT2D eigenvalue weighted by Gasteiger charge is -2.21. The van der Waals surface area contributed by atoms with Crippen LogP contribution in [-0.2, 0) is 6.42 Å². The maximum atomic E-state index is 12.6. The van der Waals surface area contributed by atoms with Crippen molar-refractivity contribution >= 4 is 17.3 Å². The second-order valence-electron chi connectivity index (χ2n) is 7.20. The molecule has 2 aliphatic rings. The average Bonchev–Trinajstić information content (AvgIpc) is 3.11. The normalized spacial score (nSPS) is 20.6. The molecule has 0 bridgehead atoms. The molecule has 2 aromatic carbocycles. The largest absolute Gasteiger partial charge is 0.344 e. The van der Waals surface area contributed by atoms with E-state index in [1.54, 1.807) is 0 Å². The Kier molecular flexibility index (Phi) is 5.12. The molecule has 0 saturated carbocycles. The van der Waals surface area contributed by atoms with Crippen LogP contribution in [0.15, 0.2) is 53.5 Å². The minimum atomic E-state index is 0.0728. The van der Waals surface area contributed by atoms with Crippen molar-refractivity contribution in [2.45, 2.75) is 25.7 Å². The van der Waals surface area contributed by atoms with Gasteiger partial charge in [0.1, 0.15) is 5.84 Å². The van der Waals surface area contributed by atoms with E-state index in [1.165, 1.54) is 12.8 Å². The molecule has 0 aliphatic carbocycles. The Morgan fingerprint density at radius 1 is 1.12 bits per heavy atom. The van der Waals surface area contributed by atoms with Crippen molar-refractivity contribution in [2.24, 2.45) is 10.9 Å². The molecule has 26 heavy (non-hydrogen) atoms. The molecule has 2 heterocycles. The van der Waals surface area contributed by atoms with E-state index in [-0.39, 0.29) is 5.78 Å². The third kappa shape index (κ3) is 3.86. The van der Waals surface area contributed by atoms with Gasteiger partial charge in [-0.15, -0.1) is 0 Å². The van der Waals surface area contributed by atoms with Gasteiger partial charge in [0.15, 0.2) is 5.78 Å². The summed E-state index contributed by atoms with van der Waals surface area (Å²) in [6.07, 6.45) is 4.53. The number of ketones is 1. The van der Waals surface area contributed by atoms with Crippen molar-refractivity contribution in [2.75, 3.05) is 25.0 Å². The summed E-state index contributed by atoms with van der Waals surface area (Å²) in [4.78, 5) is 17.4. The first-order valence-electron chi connectivity index (χ1n) is 9.53. The lowest BCUT2D eigenvalue weighted by Crippen LogP contribution is -2.30. The number of carbonyl (C=O) groups is 1. The molecule has 134 valence electrons. The molecule has 0 amide bonds. The maximum Gasteiger partial charge on any atom is 0.193 e. The molecule has 2 N–H and O–H groups in total. The number of piperidine rings is 1. The maximum absolute atomic E-state index is 12.6. The lowest BCUT2D eigenvalue weighted by molar-refractivity contribution is 0.103. The van der Waals surface area contributed by atoms with Gasteiger partial charge < -0.3 is 10.6 Å². The standard InChI is InChI=1S/C22H25N3O/c26-22(17-6-2-1-3-7-17)18-8-9-20-19(13-18)14-21(25-20)24-12-10-16-5-4-11-23-15-16/h1-3,6-9,13,16,23H,4-5,10-12,14-15H2,(H,24,25). The van der Waals surface area contributed by atoms with Crippen LogP contribution in [0, 0.1) is 5.92 Å². The number of nitrogens with one attached hydrogen (secondary N) is 2. The number of anilines is 1. The second kappa shape index (κ2) is 7.83. The smallest absolute Gasteiger partial charge is 0.193 e. The van der Waals surface area contributed by atoms with Crippen molar-refractivity contribution in [3.63, 3.8) is 0 Å². The van der Waals surface area contributed by atoms with Gasteiger partial charge >= 0.3 is 0 Å². The number of nitrogens with zero attached hydrogens (tertiary/aromatic N) is 1. The number of hydrogen-bond donors (Lipinski definition) is 2. The molecule has 4 rings (SSSR count). The van der Waals surface area contributed by atoms with Gasteiger partial charge in [-0.1, -0.05) is 30.3 Å². The van der Waals surface area contributed by atoms with Gasteiger partial charge in [0.2, 0.25) is 0 Å². The summed E-state index contributed by atoms with van der Waals surface area (Å²) in [6.45, 7) is 3.16. The number of aliphatic imine (C=N–C) groups is 1. The minimum Gasteiger partial charge on any atom is -0.344 e. The molecule has 0 spiro atoms. The molecule has 4 heteroatoms. The van der Waals surface area contributed by atoms with Crippen molar-refractivity contribution in [1.82, 2.24) is 5.32 Å². The number of fused-ring (bicyclic) bond motifs is 1. The van der Waals surface area contributed by atoms with Gasteiger partial charge in [-0.25, -0.2) is 0 Å². The highest BCUT2D eigenvalue weighted by atomic mass is 16.1. The van der Waals surface area contributed by atoms with Gasteiger partial charge in [0.05, 0.1) is 0 Å². The molecular weight excluding hydrogens is 322 g/mol. The topological polar surface area (TPSA) is 53.5 Å². The van der Waals surface area contributed by atoms with Gasteiger partial charge in [-0.2, -0.15) is 0 Å². The zero-order chi connectivity index (χ0) is 17.8. The van der Waals surface area contributed by atoms with Gasteiger partial charge in [-0.05, 0) is 62.0 Å². The summed E-state index contributed by atoms with van der Waals surface area (Å²) < 4.78 is 0. The van der Waals surface area contributed by atoms with E-state index in [9.17, 15) is 4.79 Å². The summed E-state index contributed by atoms with van der Waals surface area (Å²) in [5, 5.41) is 6.86. The van der Waals surface area contributed by atoms with Crippen molar-refractivity contribution in [1.29, 1.82) is 0 Å². The minimum absolute atomic E-state index is 0.0728. The molecule has 0 radical (unpaired) electrons. The van der Waals surface area contributed by atoms with Crippen LogP contribution in [0.25, 0.3) is 0 Å². The highest BCUT2D eigenvalue weighted by Crippen LogP contribution is 2.26. The van der Waals surface area contributed by atoms with Crippen LogP contribution in [-0.4, -0.2) is 31.3 Å². The Labute approximate surface area is 154 Å². The monoisotopic (exact) mass is 347 g/mol. The van der Waals surface area contributed by atoms with Crippen molar-refractivity contribution in [3.8, 4) is 0 Å². The number of carbonyl (C=O) groups excluding carboxylic acids is 1. The fourth-order valence-corrected chi connectivity index (χ4v) is 3.79. The first kappa shape index (κ1) is 17.0. The highest BCUT2D eigenvalue weighted by Gasteiger charge is 2.19. The predicted molar refractivity (Wildman–Crippen MR) is 106 cm³/mol. The fourth-order valence-electron chi connectivity index (χ4n) is 3.79. The first-order chi connectivity index (χ1) is 12.8. The molecule has 1 atom stereocenters. The molecule has 1 unspecified atom stereocenters. The van der Waals surface area contributed by atoms with E-state index in [1.807, 2.05) is 48.5 Å². The zero-order valence-electron chi connectivity index (χ0n) is 15.0. The van der Waals surface area contributed by atoms with E-state index < -0.39 is 0 Å². The molecule has 1 saturated heterocycles. The first-order valence-corrected chi connectivity index (χ1v) is 9.53. The van der Waals surface area contributed by atoms with Crippen LogP contribution in [0.5, 0.6) is 0 Å². The van der Waals surface area contributed by atoms with E-state index in [0.29, 0.717) is 0 Å². The molecule has 2 aliphatic heterocycles. The Bertz CT molecular complexity index is 807. The zero-order valence-corrected chi connectivity index (χ0v) is 15.0. The summed E-state index contributed by atoms with van der Waals surface area (Å²) in [5.41, 5.74) is 3.71. The van der Waals surface area contributed by atoms with Crippen LogP contribution in [0.4, 0.5) is 5.69 Å². The van der Waals surface area contributed by atoms with Crippen LogP contribution in [0.3, 0.4) is 0 Å². The molecular formula is C22H25N3O. The highest BCUT2D eigenvalue weighted by molar-refractivity contribution is 6.10. The Balaban J connectivity index is 1.39. The van der Waals surface area contributed by atoms with Crippen molar-refractivity contribution < 1.29 is 4.79 Å². The number of amidine groups is 1. The summed E-state index contributed by atoms with van der Waals surface area (Å²) in [6, 6.07) is 15.3.